The minimum absolute atomic E-state index is 0. The number of ether oxygens (including phenoxy) is 1. The number of halogens is 1. The van der Waals surface area contributed by atoms with Gasteiger partial charge in [-0.3, -0.25) is 9.89 Å². The van der Waals surface area contributed by atoms with E-state index in [9.17, 15) is 0 Å². The number of likely N-dealkylation sites (tertiary alicyclic amines) is 1. The first-order chi connectivity index (χ1) is 11.0. The quantitative estimate of drug-likeness (QED) is 0.405. The molecule has 2 fully saturated rings. The summed E-state index contributed by atoms with van der Waals surface area (Å²) in [6, 6.07) is 0. The number of nitrogens with zero attached hydrogens (tertiary/aromatic N) is 3. The van der Waals surface area contributed by atoms with Crippen LogP contribution < -0.4 is 5.32 Å². The highest BCUT2D eigenvalue weighted by Crippen LogP contribution is 2.20. The Morgan fingerprint density at radius 1 is 1.21 bits per heavy atom. The lowest BCUT2D eigenvalue weighted by Gasteiger charge is -2.38. The fourth-order valence-electron chi connectivity index (χ4n) is 3.96. The van der Waals surface area contributed by atoms with Crippen molar-refractivity contribution < 1.29 is 4.74 Å². The Hall–Kier alpha value is -0.0800. The Morgan fingerprint density at radius 3 is 2.46 bits per heavy atom. The minimum atomic E-state index is 0. The Labute approximate surface area is 165 Å². The second kappa shape index (κ2) is 10.8. The molecule has 3 unspecified atom stereocenters. The highest BCUT2D eigenvalue weighted by atomic mass is 127. The molecule has 0 bridgehead atoms. The summed E-state index contributed by atoms with van der Waals surface area (Å²) in [7, 11) is 1.89. The van der Waals surface area contributed by atoms with Gasteiger partial charge in [-0.15, -0.1) is 24.0 Å². The summed E-state index contributed by atoms with van der Waals surface area (Å²) in [6.07, 6.45) is 1.59. The van der Waals surface area contributed by atoms with Gasteiger partial charge in [0, 0.05) is 46.3 Å². The van der Waals surface area contributed by atoms with Crippen molar-refractivity contribution in [2.75, 3.05) is 52.9 Å². The summed E-state index contributed by atoms with van der Waals surface area (Å²) in [6.45, 7) is 16.4. The van der Waals surface area contributed by atoms with Gasteiger partial charge in [0.25, 0.3) is 0 Å². The van der Waals surface area contributed by atoms with Crippen LogP contribution in [0, 0.1) is 17.8 Å². The molecule has 0 aromatic carbocycles. The first-order valence-corrected chi connectivity index (χ1v) is 9.27. The molecule has 142 valence electrons. The zero-order valence-electron chi connectivity index (χ0n) is 16.1. The monoisotopic (exact) mass is 452 g/mol. The van der Waals surface area contributed by atoms with E-state index in [1.807, 2.05) is 7.05 Å². The Morgan fingerprint density at radius 2 is 1.88 bits per heavy atom. The number of morpholine rings is 1. The van der Waals surface area contributed by atoms with E-state index < -0.39 is 0 Å². The fraction of sp³-hybridized carbons (Fsp3) is 0.944. The van der Waals surface area contributed by atoms with Gasteiger partial charge >= 0.3 is 0 Å². The van der Waals surface area contributed by atoms with Crippen LogP contribution in [0.1, 0.15) is 34.1 Å². The van der Waals surface area contributed by atoms with E-state index in [2.05, 4.69) is 47.8 Å². The van der Waals surface area contributed by atoms with Crippen LogP contribution in [0.25, 0.3) is 0 Å². The molecule has 0 aromatic heterocycles. The lowest BCUT2D eigenvalue weighted by Crippen LogP contribution is -2.53. The summed E-state index contributed by atoms with van der Waals surface area (Å²) >= 11 is 0. The first-order valence-electron chi connectivity index (χ1n) is 9.27. The maximum Gasteiger partial charge on any atom is 0.193 e. The smallest absolute Gasteiger partial charge is 0.193 e. The molecule has 0 aliphatic carbocycles. The Kier molecular flexibility index (Phi) is 9.89. The molecule has 0 amide bonds. The van der Waals surface area contributed by atoms with Crippen LogP contribution in [-0.4, -0.2) is 74.8 Å². The predicted molar refractivity (Wildman–Crippen MR) is 112 cm³/mol. The average molecular weight is 452 g/mol. The lowest BCUT2D eigenvalue weighted by molar-refractivity contribution is -0.0287. The average Bonchev–Trinajstić information content (AvgIpc) is 2.46. The lowest BCUT2D eigenvalue weighted by atomic mass is 9.92. The largest absolute Gasteiger partial charge is 0.374 e. The van der Waals surface area contributed by atoms with Crippen LogP contribution in [0.2, 0.25) is 0 Å². The molecule has 2 rings (SSSR count). The van der Waals surface area contributed by atoms with Crippen molar-refractivity contribution in [3.8, 4) is 0 Å². The molecule has 6 heteroatoms. The summed E-state index contributed by atoms with van der Waals surface area (Å²) in [5, 5.41) is 3.55. The van der Waals surface area contributed by atoms with E-state index in [0.29, 0.717) is 5.92 Å². The van der Waals surface area contributed by atoms with Crippen molar-refractivity contribution in [2.45, 2.75) is 40.2 Å². The number of rotatable bonds is 4. The van der Waals surface area contributed by atoms with E-state index >= 15 is 0 Å². The molecule has 0 radical (unpaired) electrons. The number of aliphatic imine (C=N–C) groups is 1. The Bertz CT molecular complexity index is 381. The Balaban J connectivity index is 0.00000288. The maximum absolute atomic E-state index is 5.94. The van der Waals surface area contributed by atoms with Crippen LogP contribution in [0.5, 0.6) is 0 Å². The van der Waals surface area contributed by atoms with Crippen LogP contribution in [0.4, 0.5) is 0 Å². The van der Waals surface area contributed by atoms with E-state index in [1.54, 1.807) is 0 Å². The standard InChI is InChI=1S/C18H36N4O.HI/c1-14(2)10-21-6-7-23-17(13-21)9-20-18(19-5)22-11-15(3)8-16(4)12-22;/h14-17H,6-13H2,1-5H3,(H,19,20);1H. The zero-order valence-corrected chi connectivity index (χ0v) is 18.5. The molecule has 5 nitrogen and oxygen atoms in total. The molecular formula is C18H37IN4O. The summed E-state index contributed by atoms with van der Waals surface area (Å²) < 4.78 is 5.94. The van der Waals surface area contributed by atoms with Gasteiger partial charge in [0.2, 0.25) is 0 Å². The van der Waals surface area contributed by atoms with Crippen LogP contribution in [-0.2, 0) is 4.74 Å². The van der Waals surface area contributed by atoms with Gasteiger partial charge in [-0.2, -0.15) is 0 Å². The van der Waals surface area contributed by atoms with Gasteiger partial charge in [-0.05, 0) is 24.2 Å². The zero-order chi connectivity index (χ0) is 16.8. The van der Waals surface area contributed by atoms with Gasteiger partial charge in [0.1, 0.15) is 0 Å². The van der Waals surface area contributed by atoms with Gasteiger partial charge < -0.3 is 15.0 Å². The highest BCUT2D eigenvalue weighted by molar-refractivity contribution is 14.0. The molecule has 24 heavy (non-hydrogen) atoms. The molecule has 0 aromatic rings. The number of hydrogen-bond donors (Lipinski definition) is 1. The van der Waals surface area contributed by atoms with Crippen molar-refractivity contribution >= 4 is 29.9 Å². The van der Waals surface area contributed by atoms with E-state index in [1.165, 1.54) is 6.42 Å². The number of guanidine groups is 1. The molecule has 3 atom stereocenters. The number of piperidine rings is 1. The second-order valence-corrected chi connectivity index (χ2v) is 7.93. The SMILES string of the molecule is CN=C(NCC1CN(CC(C)C)CCO1)N1CC(C)CC(C)C1.I. The molecular weight excluding hydrogens is 415 g/mol. The normalized spacial score (nSPS) is 29.5. The summed E-state index contributed by atoms with van der Waals surface area (Å²) in [5.41, 5.74) is 0. The highest BCUT2D eigenvalue weighted by Gasteiger charge is 2.25. The molecule has 2 saturated heterocycles. The van der Waals surface area contributed by atoms with E-state index in [4.69, 9.17) is 4.74 Å². The molecule has 2 aliphatic heterocycles. The van der Waals surface area contributed by atoms with Gasteiger partial charge in [0.15, 0.2) is 5.96 Å². The molecule has 0 spiro atoms. The van der Waals surface area contributed by atoms with Crippen molar-refractivity contribution in [1.82, 2.24) is 15.1 Å². The molecule has 1 N–H and O–H groups in total. The van der Waals surface area contributed by atoms with Crippen molar-refractivity contribution in [3.63, 3.8) is 0 Å². The van der Waals surface area contributed by atoms with Crippen LogP contribution in [0.15, 0.2) is 4.99 Å². The van der Waals surface area contributed by atoms with E-state index in [0.717, 1.165) is 63.7 Å². The fourth-order valence-corrected chi connectivity index (χ4v) is 3.96. The second-order valence-electron chi connectivity index (χ2n) is 7.93. The predicted octanol–water partition coefficient (Wildman–Crippen LogP) is 2.51. The first kappa shape index (κ1) is 22.0. The third kappa shape index (κ3) is 7.04. The van der Waals surface area contributed by atoms with Crippen molar-refractivity contribution in [1.29, 1.82) is 0 Å². The molecule has 2 heterocycles. The third-order valence-corrected chi connectivity index (χ3v) is 4.71. The summed E-state index contributed by atoms with van der Waals surface area (Å²) in [5.74, 6) is 3.23. The van der Waals surface area contributed by atoms with Crippen molar-refractivity contribution in [3.05, 3.63) is 0 Å². The van der Waals surface area contributed by atoms with Crippen molar-refractivity contribution in [2.24, 2.45) is 22.7 Å². The number of hydrogen-bond acceptors (Lipinski definition) is 3. The summed E-state index contributed by atoms with van der Waals surface area (Å²) in [4.78, 5) is 9.43. The molecule has 2 aliphatic rings. The third-order valence-electron chi connectivity index (χ3n) is 4.71. The molecule has 0 saturated carbocycles. The minimum Gasteiger partial charge on any atom is -0.374 e. The van der Waals surface area contributed by atoms with Gasteiger partial charge in [-0.25, -0.2) is 0 Å². The number of nitrogens with one attached hydrogen (secondary N) is 1. The van der Waals surface area contributed by atoms with Gasteiger partial charge in [-0.1, -0.05) is 27.7 Å². The van der Waals surface area contributed by atoms with Crippen LogP contribution >= 0.6 is 24.0 Å². The van der Waals surface area contributed by atoms with Crippen LogP contribution in [0.3, 0.4) is 0 Å². The maximum atomic E-state index is 5.94. The van der Waals surface area contributed by atoms with E-state index in [-0.39, 0.29) is 30.1 Å². The van der Waals surface area contributed by atoms with Gasteiger partial charge in [0.05, 0.1) is 12.7 Å². The topological polar surface area (TPSA) is 40.1 Å².